The molecule has 0 bridgehead atoms. The molecule has 7 rings (SSSR count). The second-order valence-corrected chi connectivity index (χ2v) is 13.7. The van der Waals surface area contributed by atoms with Crippen molar-refractivity contribution in [3.8, 4) is 22.7 Å². The van der Waals surface area contributed by atoms with Crippen LogP contribution in [0.4, 0.5) is 24.9 Å². The molecule has 274 valence electrons. The lowest BCUT2D eigenvalue weighted by molar-refractivity contribution is -0.198. The van der Waals surface area contributed by atoms with Crippen LogP contribution in [0.1, 0.15) is 47.0 Å². The van der Waals surface area contributed by atoms with Gasteiger partial charge in [0.25, 0.3) is 5.91 Å². The lowest BCUT2D eigenvalue weighted by Crippen LogP contribution is -2.46. The predicted octanol–water partition coefficient (Wildman–Crippen LogP) is 3.98. The van der Waals surface area contributed by atoms with Crippen LogP contribution in [0, 0.1) is 12.3 Å². The zero-order valence-corrected chi connectivity index (χ0v) is 28.6. The number of aliphatic carboxylic acids is 1. The Morgan fingerprint density at radius 1 is 1.00 bits per heavy atom. The SMILES string of the molecule is Cc1ccn(-c2cc(-c3ccc(C(=O)N4CCNCC4)cc3)ccc2[C@@H](Oc2cc(N3CCC4(CC3)CN[C@H](C(=O)O)C4)nc(N)n2)C(F)(F)F)n1. The standard InChI is InChI=1S/C36H40F3N9O4/c1-22-8-13-48(45-22)28-18-25(23-2-4-24(5-3-23)32(49)47-16-11-41-12-17-47)6-7-26(28)31(36(37,38)39)52-30-19-29(43-34(40)44-30)46-14-9-35(10-15-46)20-27(33(50)51)42-21-35/h2-8,13,18-19,27,31,41-42H,9-12,14-17,20-21H2,1H3,(H,50,51)(H2,40,43,44)/t27-,31+/m0/s1. The monoisotopic (exact) mass is 719 g/mol. The molecule has 1 amide bonds. The molecule has 13 nitrogen and oxygen atoms in total. The van der Waals surface area contributed by atoms with E-state index in [-0.39, 0.29) is 34.4 Å². The molecule has 0 aliphatic carbocycles. The van der Waals surface area contributed by atoms with Crippen molar-refractivity contribution < 1.29 is 32.6 Å². The number of nitrogen functional groups attached to an aromatic ring is 1. The van der Waals surface area contributed by atoms with Gasteiger partial charge in [0.2, 0.25) is 17.9 Å². The van der Waals surface area contributed by atoms with Gasteiger partial charge in [-0.25, -0.2) is 4.68 Å². The maximum Gasteiger partial charge on any atom is 0.429 e. The van der Waals surface area contributed by atoms with Gasteiger partial charge in [0.15, 0.2) is 0 Å². The number of ether oxygens (including phenoxy) is 1. The predicted molar refractivity (Wildman–Crippen MR) is 186 cm³/mol. The maximum absolute atomic E-state index is 15.0. The molecule has 0 unspecified atom stereocenters. The number of carboxylic acids is 1. The van der Waals surface area contributed by atoms with Gasteiger partial charge in [-0.3, -0.25) is 9.59 Å². The molecule has 0 radical (unpaired) electrons. The first-order valence-corrected chi connectivity index (χ1v) is 17.2. The fraction of sp³-hybridized carbons (Fsp3) is 0.417. The molecule has 3 saturated heterocycles. The van der Waals surface area contributed by atoms with Gasteiger partial charge in [0.05, 0.1) is 11.4 Å². The summed E-state index contributed by atoms with van der Waals surface area (Å²) in [5, 5.41) is 20.2. The third-order valence-electron chi connectivity index (χ3n) is 10.2. The molecule has 1 spiro atoms. The van der Waals surface area contributed by atoms with E-state index in [1.165, 1.54) is 16.8 Å². The Balaban J connectivity index is 1.16. The number of carboxylic acid groups (broad SMARTS) is 1. The van der Waals surface area contributed by atoms with Crippen LogP contribution in [0.3, 0.4) is 0 Å². The zero-order valence-electron chi connectivity index (χ0n) is 28.6. The van der Waals surface area contributed by atoms with Crippen molar-refractivity contribution in [1.82, 2.24) is 35.3 Å². The number of aryl methyl sites for hydroxylation is 1. The van der Waals surface area contributed by atoms with E-state index in [1.807, 2.05) is 4.90 Å². The van der Waals surface area contributed by atoms with Crippen molar-refractivity contribution in [3.05, 3.63) is 77.6 Å². The van der Waals surface area contributed by atoms with Crippen molar-refractivity contribution in [2.24, 2.45) is 5.41 Å². The fourth-order valence-corrected chi connectivity index (χ4v) is 7.31. The molecule has 3 aliphatic rings. The summed E-state index contributed by atoms with van der Waals surface area (Å²) < 4.78 is 52.0. The quantitative estimate of drug-likeness (QED) is 0.208. The number of alkyl halides is 3. The molecule has 3 aliphatic heterocycles. The fourth-order valence-electron chi connectivity index (χ4n) is 7.31. The minimum Gasteiger partial charge on any atom is -0.480 e. The first-order chi connectivity index (χ1) is 24.9. The number of aromatic nitrogens is 4. The number of nitrogens with one attached hydrogen (secondary N) is 2. The summed E-state index contributed by atoms with van der Waals surface area (Å²) in [6, 6.07) is 14.0. The molecule has 0 saturated carbocycles. The molecular formula is C36H40F3N9O4. The number of hydrogen-bond acceptors (Lipinski definition) is 10. The second kappa shape index (κ2) is 14.1. The smallest absolute Gasteiger partial charge is 0.429 e. The third kappa shape index (κ3) is 7.39. The Kier molecular flexibility index (Phi) is 9.52. The summed E-state index contributed by atoms with van der Waals surface area (Å²) in [5.74, 6) is -1.19. The van der Waals surface area contributed by atoms with Crippen LogP contribution < -0.4 is 26.0 Å². The topological polar surface area (TPSA) is 164 Å². The van der Waals surface area contributed by atoms with Crippen LogP contribution in [0.2, 0.25) is 0 Å². The van der Waals surface area contributed by atoms with Crippen LogP contribution in [0.15, 0.2) is 60.8 Å². The Labute approximate surface area is 298 Å². The van der Waals surface area contributed by atoms with E-state index in [1.54, 1.807) is 60.5 Å². The number of halogens is 3. The molecule has 2 atom stereocenters. The van der Waals surface area contributed by atoms with Crippen molar-refractivity contribution in [2.45, 2.75) is 44.5 Å². The van der Waals surface area contributed by atoms with Crippen LogP contribution >= 0.6 is 0 Å². The van der Waals surface area contributed by atoms with Gasteiger partial charge in [0, 0.05) is 69.2 Å². The Morgan fingerprint density at radius 2 is 1.71 bits per heavy atom. The molecular weight excluding hydrogens is 679 g/mol. The highest BCUT2D eigenvalue weighted by Gasteiger charge is 2.46. The van der Waals surface area contributed by atoms with E-state index in [0.717, 1.165) is 13.1 Å². The highest BCUT2D eigenvalue weighted by Crippen LogP contribution is 2.43. The number of piperazine rings is 1. The van der Waals surface area contributed by atoms with Crippen molar-refractivity contribution in [3.63, 3.8) is 0 Å². The number of hydrogen-bond donors (Lipinski definition) is 4. The number of nitrogens with two attached hydrogens (primary N) is 1. The molecule has 4 aromatic rings. The van der Waals surface area contributed by atoms with E-state index in [2.05, 4.69) is 25.7 Å². The number of piperidine rings is 1. The first-order valence-electron chi connectivity index (χ1n) is 17.2. The molecule has 16 heteroatoms. The minimum absolute atomic E-state index is 0.0704. The molecule has 5 N–H and O–H groups in total. The second-order valence-electron chi connectivity index (χ2n) is 13.7. The van der Waals surface area contributed by atoms with Crippen LogP contribution in [0.5, 0.6) is 5.88 Å². The molecule has 2 aromatic heterocycles. The number of carbonyl (C=O) groups excluding carboxylic acids is 1. The lowest BCUT2D eigenvalue weighted by Gasteiger charge is -2.39. The summed E-state index contributed by atoms with van der Waals surface area (Å²) in [6.07, 6.45) is -3.83. The number of amides is 1. The molecule has 2 aromatic carbocycles. The highest BCUT2D eigenvalue weighted by molar-refractivity contribution is 5.94. The van der Waals surface area contributed by atoms with Gasteiger partial charge < -0.3 is 36.0 Å². The summed E-state index contributed by atoms with van der Waals surface area (Å²) in [5.41, 5.74) is 8.28. The van der Waals surface area contributed by atoms with Gasteiger partial charge in [-0.05, 0) is 67.0 Å². The number of anilines is 2. The average Bonchev–Trinajstić information content (AvgIpc) is 3.76. The Hall–Kier alpha value is -5.22. The number of nitrogens with zero attached hydrogens (tertiary/aromatic N) is 6. The average molecular weight is 720 g/mol. The first kappa shape index (κ1) is 35.2. The zero-order chi connectivity index (χ0) is 36.6. The van der Waals surface area contributed by atoms with Gasteiger partial charge in [-0.1, -0.05) is 24.3 Å². The van der Waals surface area contributed by atoms with Crippen LogP contribution in [-0.4, -0.2) is 99.7 Å². The molecule has 5 heterocycles. The normalized spacial score (nSPS) is 19.5. The third-order valence-corrected chi connectivity index (χ3v) is 10.2. The molecule has 3 fully saturated rings. The number of rotatable bonds is 8. The largest absolute Gasteiger partial charge is 0.480 e. The van der Waals surface area contributed by atoms with Crippen molar-refractivity contribution >= 4 is 23.6 Å². The minimum atomic E-state index is -4.86. The van der Waals surface area contributed by atoms with E-state index >= 15 is 0 Å². The summed E-state index contributed by atoms with van der Waals surface area (Å²) in [7, 11) is 0. The highest BCUT2D eigenvalue weighted by atomic mass is 19.4. The van der Waals surface area contributed by atoms with E-state index in [4.69, 9.17) is 10.5 Å². The van der Waals surface area contributed by atoms with Gasteiger partial charge >= 0.3 is 12.1 Å². The van der Waals surface area contributed by atoms with Crippen molar-refractivity contribution in [1.29, 1.82) is 0 Å². The number of benzene rings is 2. The Bertz CT molecular complexity index is 1940. The molecule has 52 heavy (non-hydrogen) atoms. The van der Waals surface area contributed by atoms with E-state index in [9.17, 15) is 27.9 Å². The van der Waals surface area contributed by atoms with E-state index in [0.29, 0.717) is 80.2 Å². The Morgan fingerprint density at radius 3 is 2.35 bits per heavy atom. The number of carbonyl (C=O) groups is 2. The van der Waals surface area contributed by atoms with Crippen LogP contribution in [0.25, 0.3) is 16.8 Å². The maximum atomic E-state index is 15.0. The lowest BCUT2D eigenvalue weighted by atomic mass is 9.76. The summed E-state index contributed by atoms with van der Waals surface area (Å²) in [4.78, 5) is 36.5. The van der Waals surface area contributed by atoms with E-state index < -0.39 is 24.3 Å². The van der Waals surface area contributed by atoms with Crippen LogP contribution in [-0.2, 0) is 4.79 Å². The van der Waals surface area contributed by atoms with Gasteiger partial charge in [-0.15, -0.1) is 0 Å². The van der Waals surface area contributed by atoms with Gasteiger partial charge in [0.1, 0.15) is 11.9 Å². The van der Waals surface area contributed by atoms with Gasteiger partial charge in [-0.2, -0.15) is 28.2 Å². The summed E-state index contributed by atoms with van der Waals surface area (Å²) in [6.45, 7) is 6.06. The van der Waals surface area contributed by atoms with Crippen molar-refractivity contribution in [2.75, 3.05) is 56.4 Å². The summed E-state index contributed by atoms with van der Waals surface area (Å²) >= 11 is 0.